The lowest BCUT2D eigenvalue weighted by atomic mass is 9.81. The third-order valence-corrected chi connectivity index (χ3v) is 7.55. The molecule has 0 radical (unpaired) electrons. The maximum absolute atomic E-state index is 13.1. The Balaban J connectivity index is 1.41. The number of nitrogens with zero attached hydrogens (tertiary/aromatic N) is 2. The van der Waals surface area contributed by atoms with Gasteiger partial charge >= 0.3 is 5.97 Å². The Morgan fingerprint density at radius 2 is 2.23 bits per heavy atom. The zero-order chi connectivity index (χ0) is 24.9. The van der Waals surface area contributed by atoms with Gasteiger partial charge in [-0.3, -0.25) is 14.7 Å². The number of halogens is 2. The number of rotatable bonds is 7. The van der Waals surface area contributed by atoms with E-state index >= 15 is 0 Å². The minimum absolute atomic E-state index is 0.0702. The van der Waals surface area contributed by atoms with Crippen molar-refractivity contribution in [2.24, 2.45) is 11.8 Å². The van der Waals surface area contributed by atoms with Crippen molar-refractivity contribution in [2.75, 3.05) is 26.7 Å². The van der Waals surface area contributed by atoms with E-state index in [4.69, 9.17) is 16.3 Å². The van der Waals surface area contributed by atoms with Crippen molar-refractivity contribution in [3.8, 4) is 17.6 Å². The van der Waals surface area contributed by atoms with Crippen LogP contribution in [0.15, 0.2) is 36.5 Å². The predicted octanol–water partition coefficient (Wildman–Crippen LogP) is 4.99. The Hall–Kier alpha value is -2.70. The number of fused-ring (bicyclic) bond motifs is 1. The van der Waals surface area contributed by atoms with Crippen LogP contribution in [0.1, 0.15) is 35.8 Å². The van der Waals surface area contributed by atoms with E-state index < -0.39 is 18.0 Å². The minimum atomic E-state index is -0.857. The molecule has 9 heteroatoms. The number of aliphatic hydroxyl groups excluding tert-OH is 1. The second kappa shape index (κ2) is 11.4. The molecule has 6 nitrogen and oxygen atoms in total. The van der Waals surface area contributed by atoms with Gasteiger partial charge in [0.1, 0.15) is 5.75 Å². The Bertz CT molecular complexity index is 1270. The number of likely N-dealkylation sites (tertiary alicyclic amines) is 1. The molecule has 35 heavy (non-hydrogen) atoms. The molecule has 184 valence electrons. The SMILES string of the molecule is COc1ccc2ncc(Cl)c([C@@H](O)CC[C@H]3CCN(CC#Cc4ccc(F)s4)C[C@H]3C(=O)O)c2c1. The van der Waals surface area contributed by atoms with Gasteiger partial charge in [0.2, 0.25) is 0 Å². The quantitative estimate of drug-likeness (QED) is 0.431. The average Bonchev–Trinajstić information content (AvgIpc) is 3.27. The van der Waals surface area contributed by atoms with Crippen molar-refractivity contribution in [3.63, 3.8) is 0 Å². The van der Waals surface area contributed by atoms with Crippen LogP contribution in [0.25, 0.3) is 10.9 Å². The summed E-state index contributed by atoms with van der Waals surface area (Å²) in [4.78, 5) is 19.0. The summed E-state index contributed by atoms with van der Waals surface area (Å²) < 4.78 is 18.4. The number of methoxy groups -OCH3 is 1. The number of aliphatic carboxylic acids is 1. The fourth-order valence-electron chi connectivity index (χ4n) is 4.61. The van der Waals surface area contributed by atoms with Gasteiger partial charge in [0.05, 0.1) is 41.1 Å². The Kier molecular flexibility index (Phi) is 8.24. The van der Waals surface area contributed by atoms with Crippen molar-refractivity contribution in [2.45, 2.75) is 25.4 Å². The van der Waals surface area contributed by atoms with Gasteiger partial charge < -0.3 is 14.9 Å². The zero-order valence-corrected chi connectivity index (χ0v) is 20.8. The molecule has 0 saturated carbocycles. The number of thiophene rings is 1. The lowest BCUT2D eigenvalue weighted by molar-refractivity contribution is -0.146. The first-order valence-corrected chi connectivity index (χ1v) is 12.5. The molecule has 0 aliphatic carbocycles. The number of benzene rings is 1. The maximum atomic E-state index is 13.1. The molecule has 4 rings (SSSR count). The topological polar surface area (TPSA) is 82.9 Å². The second-order valence-corrected chi connectivity index (χ2v) is 10.1. The van der Waals surface area contributed by atoms with Gasteiger partial charge in [-0.15, -0.1) is 0 Å². The number of ether oxygens (including phenoxy) is 1. The van der Waals surface area contributed by atoms with Gasteiger partial charge in [-0.25, -0.2) is 0 Å². The van der Waals surface area contributed by atoms with Crippen molar-refractivity contribution in [3.05, 3.63) is 57.1 Å². The summed E-state index contributed by atoms with van der Waals surface area (Å²) in [7, 11) is 1.57. The van der Waals surface area contributed by atoms with Gasteiger partial charge in [-0.1, -0.05) is 34.8 Å². The molecule has 2 N–H and O–H groups in total. The first-order chi connectivity index (χ1) is 16.9. The van der Waals surface area contributed by atoms with E-state index in [0.717, 1.165) is 16.7 Å². The van der Waals surface area contributed by atoms with Gasteiger partial charge in [0.15, 0.2) is 5.13 Å². The number of aliphatic hydroxyl groups is 1. The molecule has 0 unspecified atom stereocenters. The average molecular weight is 517 g/mol. The molecule has 0 bridgehead atoms. The fraction of sp³-hybridized carbons (Fsp3) is 0.385. The molecule has 3 atom stereocenters. The first-order valence-electron chi connectivity index (χ1n) is 11.3. The summed E-state index contributed by atoms with van der Waals surface area (Å²) in [5, 5.41) is 21.7. The summed E-state index contributed by atoms with van der Waals surface area (Å²) in [6.45, 7) is 1.53. The maximum Gasteiger partial charge on any atom is 0.308 e. The van der Waals surface area contributed by atoms with Crippen LogP contribution >= 0.6 is 22.9 Å². The Labute approximate surface area is 212 Å². The Morgan fingerprint density at radius 3 is 2.94 bits per heavy atom. The van der Waals surface area contributed by atoms with Crippen molar-refractivity contribution >= 4 is 39.8 Å². The van der Waals surface area contributed by atoms with E-state index in [2.05, 4.69) is 16.8 Å². The minimum Gasteiger partial charge on any atom is -0.497 e. The summed E-state index contributed by atoms with van der Waals surface area (Å²) in [5.74, 6) is 5.12. The highest BCUT2D eigenvalue weighted by molar-refractivity contribution is 7.10. The highest BCUT2D eigenvalue weighted by atomic mass is 35.5. The largest absolute Gasteiger partial charge is 0.497 e. The van der Waals surface area contributed by atoms with E-state index in [-0.39, 0.29) is 11.0 Å². The van der Waals surface area contributed by atoms with Crippen LogP contribution in [0.4, 0.5) is 4.39 Å². The van der Waals surface area contributed by atoms with Crippen LogP contribution in [0.3, 0.4) is 0 Å². The summed E-state index contributed by atoms with van der Waals surface area (Å²) in [6.07, 6.45) is 2.30. The number of piperidine rings is 1. The third kappa shape index (κ3) is 6.11. The molecule has 1 aliphatic heterocycles. The molecule has 1 fully saturated rings. The van der Waals surface area contributed by atoms with E-state index in [0.29, 0.717) is 65.6 Å². The number of hydrogen-bond acceptors (Lipinski definition) is 6. The zero-order valence-electron chi connectivity index (χ0n) is 19.2. The number of aromatic nitrogens is 1. The normalized spacial score (nSPS) is 19.2. The molecular formula is C26H26ClFN2O4S. The van der Waals surface area contributed by atoms with Crippen LogP contribution < -0.4 is 4.74 Å². The molecule has 1 aliphatic rings. The third-order valence-electron chi connectivity index (χ3n) is 6.46. The lowest BCUT2D eigenvalue weighted by Gasteiger charge is -2.36. The smallest absolute Gasteiger partial charge is 0.308 e. The summed E-state index contributed by atoms with van der Waals surface area (Å²) in [6, 6.07) is 8.44. The molecule has 2 aromatic heterocycles. The van der Waals surface area contributed by atoms with E-state index in [1.54, 1.807) is 25.3 Å². The lowest BCUT2D eigenvalue weighted by Crippen LogP contribution is -2.44. The van der Waals surface area contributed by atoms with Crippen LogP contribution in [0, 0.1) is 28.8 Å². The van der Waals surface area contributed by atoms with Crippen molar-refractivity contribution in [1.82, 2.24) is 9.88 Å². The Morgan fingerprint density at radius 1 is 1.40 bits per heavy atom. The second-order valence-electron chi connectivity index (χ2n) is 8.63. The number of carboxylic acid groups (broad SMARTS) is 1. The molecule has 3 aromatic rings. The molecular weight excluding hydrogens is 491 g/mol. The summed E-state index contributed by atoms with van der Waals surface area (Å²) in [5.41, 5.74) is 1.28. The number of pyridine rings is 1. The van der Waals surface area contributed by atoms with Crippen LogP contribution in [-0.2, 0) is 4.79 Å². The number of hydrogen-bond donors (Lipinski definition) is 2. The molecule has 0 amide bonds. The van der Waals surface area contributed by atoms with E-state index in [9.17, 15) is 19.4 Å². The number of carboxylic acids is 1. The predicted molar refractivity (Wildman–Crippen MR) is 134 cm³/mol. The molecule has 1 saturated heterocycles. The van der Waals surface area contributed by atoms with E-state index in [1.807, 2.05) is 11.0 Å². The van der Waals surface area contributed by atoms with Gasteiger partial charge in [-0.05, 0) is 62.1 Å². The molecule has 3 heterocycles. The van der Waals surface area contributed by atoms with Gasteiger partial charge in [0, 0.05) is 23.7 Å². The molecule has 1 aromatic carbocycles. The highest BCUT2D eigenvalue weighted by Gasteiger charge is 2.34. The molecule has 0 spiro atoms. The first kappa shape index (κ1) is 25.4. The van der Waals surface area contributed by atoms with Crippen LogP contribution in [0.2, 0.25) is 5.02 Å². The van der Waals surface area contributed by atoms with Gasteiger partial charge in [-0.2, -0.15) is 4.39 Å². The van der Waals surface area contributed by atoms with Crippen molar-refractivity contribution in [1.29, 1.82) is 0 Å². The van der Waals surface area contributed by atoms with E-state index in [1.165, 1.54) is 12.3 Å². The van der Waals surface area contributed by atoms with Gasteiger partial charge in [0.25, 0.3) is 0 Å². The fourth-order valence-corrected chi connectivity index (χ4v) is 5.49. The standard InChI is InChI=1S/C26H26ClFN2O4S/c1-34-17-5-7-22-19(13-17)25(21(27)14-29-22)23(31)8-4-16-10-12-30(15-20(16)26(32)33)11-2-3-18-6-9-24(28)35-18/h5-7,9,13-14,16,20,23,31H,4,8,10-12,15H2,1H3,(H,32,33)/t16-,20+,23-/m0/s1. The monoisotopic (exact) mass is 516 g/mol. The highest BCUT2D eigenvalue weighted by Crippen LogP contribution is 2.36. The van der Waals surface area contributed by atoms with Crippen molar-refractivity contribution < 1.29 is 24.1 Å². The van der Waals surface area contributed by atoms with Crippen LogP contribution in [-0.4, -0.2) is 52.8 Å². The number of carbonyl (C=O) groups is 1. The van der Waals surface area contributed by atoms with Crippen LogP contribution in [0.5, 0.6) is 5.75 Å². The summed E-state index contributed by atoms with van der Waals surface area (Å²) >= 11 is 7.40.